The Kier molecular flexibility index (Phi) is 8.35. The number of methoxy groups -OCH3 is 1. The van der Waals surface area contributed by atoms with Crippen LogP contribution in [0.4, 0.5) is 0 Å². The molecular formula is C11H21NO5. The Balaban J connectivity index is 4.07. The number of carboxylic acid groups (broad SMARTS) is 1. The van der Waals surface area contributed by atoms with Gasteiger partial charge in [-0.05, 0) is 5.92 Å². The minimum Gasteiger partial charge on any atom is -0.480 e. The molecule has 0 aliphatic heterocycles. The summed E-state index contributed by atoms with van der Waals surface area (Å²) in [6.07, 6.45) is 0. The zero-order valence-electron chi connectivity index (χ0n) is 10.6. The quantitative estimate of drug-likeness (QED) is 0.630. The smallest absolute Gasteiger partial charge is 0.329 e. The van der Waals surface area contributed by atoms with Gasteiger partial charge in [0, 0.05) is 20.2 Å². The van der Waals surface area contributed by atoms with E-state index in [1.165, 1.54) is 0 Å². The summed E-state index contributed by atoms with van der Waals surface area (Å²) in [4.78, 5) is 23.6. The Bertz CT molecular complexity index is 242. The Morgan fingerprint density at radius 3 is 2.41 bits per heavy atom. The largest absolute Gasteiger partial charge is 0.480 e. The lowest BCUT2D eigenvalue weighted by molar-refractivity contribution is -0.146. The highest BCUT2D eigenvalue weighted by Crippen LogP contribution is 2.00. The van der Waals surface area contributed by atoms with E-state index in [2.05, 4.69) is 0 Å². The van der Waals surface area contributed by atoms with Crippen molar-refractivity contribution in [2.24, 2.45) is 5.92 Å². The van der Waals surface area contributed by atoms with Crippen molar-refractivity contribution in [3.63, 3.8) is 0 Å². The molecule has 0 radical (unpaired) electrons. The Morgan fingerprint density at radius 1 is 1.29 bits per heavy atom. The zero-order chi connectivity index (χ0) is 13.3. The van der Waals surface area contributed by atoms with Crippen molar-refractivity contribution in [3.8, 4) is 0 Å². The SMILES string of the molecule is COCCN(CC(C)C)C(=O)COCC(=O)O. The maximum Gasteiger partial charge on any atom is 0.329 e. The highest BCUT2D eigenvalue weighted by atomic mass is 16.5. The van der Waals surface area contributed by atoms with Crippen LogP contribution in [0.5, 0.6) is 0 Å². The van der Waals surface area contributed by atoms with Crippen molar-refractivity contribution in [1.82, 2.24) is 4.90 Å². The van der Waals surface area contributed by atoms with Gasteiger partial charge in [0.1, 0.15) is 13.2 Å². The van der Waals surface area contributed by atoms with Gasteiger partial charge in [0.05, 0.1) is 6.61 Å². The van der Waals surface area contributed by atoms with Crippen LogP contribution < -0.4 is 0 Å². The van der Waals surface area contributed by atoms with E-state index in [0.717, 1.165) is 0 Å². The summed E-state index contributed by atoms with van der Waals surface area (Å²) in [6.45, 7) is 4.91. The molecule has 0 atom stereocenters. The monoisotopic (exact) mass is 247 g/mol. The third-order valence-corrected chi connectivity index (χ3v) is 1.95. The molecule has 6 nitrogen and oxygen atoms in total. The molecule has 0 aromatic heterocycles. The van der Waals surface area contributed by atoms with E-state index < -0.39 is 12.6 Å². The summed E-state index contributed by atoms with van der Waals surface area (Å²) >= 11 is 0. The number of ether oxygens (including phenoxy) is 2. The van der Waals surface area contributed by atoms with Crippen LogP contribution in [0.1, 0.15) is 13.8 Å². The van der Waals surface area contributed by atoms with Crippen LogP contribution in [0.3, 0.4) is 0 Å². The molecule has 0 aromatic carbocycles. The first-order valence-corrected chi connectivity index (χ1v) is 5.53. The van der Waals surface area contributed by atoms with Crippen LogP contribution in [-0.4, -0.2) is 61.9 Å². The summed E-state index contributed by atoms with van der Waals surface area (Å²) in [5.74, 6) is -0.947. The van der Waals surface area contributed by atoms with E-state index in [1.54, 1.807) is 12.0 Å². The number of carbonyl (C=O) groups excluding carboxylic acids is 1. The van der Waals surface area contributed by atoms with Gasteiger partial charge in [-0.1, -0.05) is 13.8 Å². The van der Waals surface area contributed by atoms with Crippen molar-refractivity contribution >= 4 is 11.9 Å². The van der Waals surface area contributed by atoms with E-state index >= 15 is 0 Å². The van der Waals surface area contributed by atoms with Crippen LogP contribution in [-0.2, 0) is 19.1 Å². The molecule has 0 spiro atoms. The van der Waals surface area contributed by atoms with E-state index in [-0.39, 0.29) is 12.5 Å². The van der Waals surface area contributed by atoms with E-state index in [9.17, 15) is 9.59 Å². The molecule has 6 heteroatoms. The first-order chi connectivity index (χ1) is 7.97. The van der Waals surface area contributed by atoms with Crippen molar-refractivity contribution in [2.75, 3.05) is 40.0 Å². The standard InChI is InChI=1S/C11H21NO5/c1-9(2)6-12(4-5-16-3)10(13)7-17-8-11(14)15/h9H,4-8H2,1-3H3,(H,14,15). The van der Waals surface area contributed by atoms with Crippen molar-refractivity contribution in [3.05, 3.63) is 0 Å². The van der Waals surface area contributed by atoms with Crippen molar-refractivity contribution in [2.45, 2.75) is 13.8 Å². The van der Waals surface area contributed by atoms with Crippen molar-refractivity contribution in [1.29, 1.82) is 0 Å². The number of carboxylic acids is 1. The fourth-order valence-electron chi connectivity index (χ4n) is 1.28. The molecule has 0 bridgehead atoms. The zero-order valence-corrected chi connectivity index (χ0v) is 10.6. The molecule has 1 amide bonds. The lowest BCUT2D eigenvalue weighted by Gasteiger charge is -2.24. The summed E-state index contributed by atoms with van der Waals surface area (Å²) in [6, 6.07) is 0. The molecule has 0 aromatic rings. The molecule has 0 heterocycles. The summed E-state index contributed by atoms with van der Waals surface area (Å²) < 4.78 is 9.69. The lowest BCUT2D eigenvalue weighted by atomic mass is 10.2. The van der Waals surface area contributed by atoms with Gasteiger partial charge in [-0.25, -0.2) is 4.79 Å². The van der Waals surface area contributed by atoms with Gasteiger partial charge in [0.15, 0.2) is 0 Å². The second kappa shape index (κ2) is 8.95. The maximum atomic E-state index is 11.7. The number of hydrogen-bond acceptors (Lipinski definition) is 4. The van der Waals surface area contributed by atoms with Crippen LogP contribution >= 0.6 is 0 Å². The molecule has 0 saturated heterocycles. The third kappa shape index (κ3) is 8.65. The second-order valence-electron chi connectivity index (χ2n) is 4.11. The van der Waals surface area contributed by atoms with E-state index in [1.807, 2.05) is 13.8 Å². The second-order valence-corrected chi connectivity index (χ2v) is 4.11. The molecule has 1 N–H and O–H groups in total. The first-order valence-electron chi connectivity index (χ1n) is 5.53. The number of aliphatic carboxylic acids is 1. The number of carbonyl (C=O) groups is 2. The predicted molar refractivity (Wildman–Crippen MR) is 61.7 cm³/mol. The summed E-state index contributed by atoms with van der Waals surface area (Å²) in [5.41, 5.74) is 0. The Labute approximate surface area is 101 Å². The van der Waals surface area contributed by atoms with Gasteiger partial charge >= 0.3 is 5.97 Å². The summed E-state index contributed by atoms with van der Waals surface area (Å²) in [7, 11) is 1.57. The normalized spacial score (nSPS) is 10.6. The molecule has 0 saturated carbocycles. The highest BCUT2D eigenvalue weighted by molar-refractivity contribution is 5.78. The topological polar surface area (TPSA) is 76.1 Å². The number of nitrogens with zero attached hydrogens (tertiary/aromatic N) is 1. The number of amides is 1. The fourth-order valence-corrected chi connectivity index (χ4v) is 1.28. The molecule has 0 unspecified atom stereocenters. The Morgan fingerprint density at radius 2 is 1.94 bits per heavy atom. The Hall–Kier alpha value is -1.14. The molecular weight excluding hydrogens is 226 g/mol. The van der Waals surface area contributed by atoms with E-state index in [0.29, 0.717) is 25.6 Å². The van der Waals surface area contributed by atoms with Crippen LogP contribution in [0.25, 0.3) is 0 Å². The van der Waals surface area contributed by atoms with Crippen LogP contribution in [0.2, 0.25) is 0 Å². The molecule has 0 fully saturated rings. The summed E-state index contributed by atoms with van der Waals surface area (Å²) in [5, 5.41) is 8.38. The predicted octanol–water partition coefficient (Wildman–Crippen LogP) is 0.219. The minimum absolute atomic E-state index is 0.206. The van der Waals surface area contributed by atoms with E-state index in [4.69, 9.17) is 14.6 Å². The number of rotatable bonds is 9. The van der Waals surface area contributed by atoms with Gasteiger partial charge < -0.3 is 19.5 Å². The molecule has 0 aliphatic rings. The van der Waals surface area contributed by atoms with Gasteiger partial charge in [0.25, 0.3) is 0 Å². The van der Waals surface area contributed by atoms with Crippen molar-refractivity contribution < 1.29 is 24.2 Å². The first kappa shape index (κ1) is 15.9. The average Bonchev–Trinajstić information content (AvgIpc) is 2.22. The maximum absolute atomic E-state index is 11.7. The van der Waals surface area contributed by atoms with Crippen LogP contribution in [0.15, 0.2) is 0 Å². The molecule has 17 heavy (non-hydrogen) atoms. The van der Waals surface area contributed by atoms with Gasteiger partial charge in [0.2, 0.25) is 5.91 Å². The highest BCUT2D eigenvalue weighted by Gasteiger charge is 2.15. The third-order valence-electron chi connectivity index (χ3n) is 1.95. The fraction of sp³-hybridized carbons (Fsp3) is 0.818. The van der Waals surface area contributed by atoms with Gasteiger partial charge in [-0.15, -0.1) is 0 Å². The molecule has 100 valence electrons. The lowest BCUT2D eigenvalue weighted by Crippen LogP contribution is -2.39. The minimum atomic E-state index is -1.08. The number of hydrogen-bond donors (Lipinski definition) is 1. The van der Waals surface area contributed by atoms with Crippen LogP contribution in [0, 0.1) is 5.92 Å². The average molecular weight is 247 g/mol. The van der Waals surface area contributed by atoms with Gasteiger partial charge in [-0.3, -0.25) is 4.79 Å². The molecule has 0 rings (SSSR count). The molecule has 0 aliphatic carbocycles. The van der Waals surface area contributed by atoms with Gasteiger partial charge in [-0.2, -0.15) is 0 Å².